The summed E-state index contributed by atoms with van der Waals surface area (Å²) in [5.41, 5.74) is -1.21. The second-order valence-electron chi connectivity index (χ2n) is 5.88. The molecule has 1 aliphatic rings. The minimum absolute atomic E-state index is 0.141. The number of alkyl halides is 3. The summed E-state index contributed by atoms with van der Waals surface area (Å²) in [5.74, 6) is 0. The molecule has 1 heterocycles. The van der Waals surface area contributed by atoms with Gasteiger partial charge in [0.25, 0.3) is 5.56 Å². The van der Waals surface area contributed by atoms with E-state index >= 15 is 0 Å². The Kier molecular flexibility index (Phi) is 3.24. The lowest BCUT2D eigenvalue weighted by Crippen LogP contribution is -2.24. The second kappa shape index (κ2) is 4.87. The van der Waals surface area contributed by atoms with Gasteiger partial charge in [-0.2, -0.15) is 18.4 Å². The van der Waals surface area contributed by atoms with Gasteiger partial charge in [0.05, 0.1) is 11.6 Å². The summed E-state index contributed by atoms with van der Waals surface area (Å²) in [6, 6.07) is 6.79. The molecular weight excluding hydrogens is 293 g/mol. The monoisotopic (exact) mass is 306 g/mol. The number of rotatable bonds is 3. The van der Waals surface area contributed by atoms with Gasteiger partial charge in [-0.15, -0.1) is 0 Å². The van der Waals surface area contributed by atoms with Gasteiger partial charge in [-0.1, -0.05) is 0 Å². The van der Waals surface area contributed by atoms with Crippen molar-refractivity contribution in [2.45, 2.75) is 32.0 Å². The zero-order valence-electron chi connectivity index (χ0n) is 11.7. The van der Waals surface area contributed by atoms with Gasteiger partial charge in [0.15, 0.2) is 0 Å². The Morgan fingerprint density at radius 2 is 2.00 bits per heavy atom. The average Bonchev–Trinajstić information content (AvgIpc) is 3.21. The zero-order chi connectivity index (χ0) is 16.0. The normalized spacial score (nSPS) is 16.5. The Morgan fingerprint density at radius 3 is 2.59 bits per heavy atom. The molecule has 1 fully saturated rings. The molecule has 0 saturated heterocycles. The topological polar surface area (TPSA) is 45.8 Å². The van der Waals surface area contributed by atoms with Crippen LogP contribution in [0.15, 0.2) is 35.3 Å². The molecule has 0 radical (unpaired) electrons. The van der Waals surface area contributed by atoms with Crippen LogP contribution in [-0.2, 0) is 12.7 Å². The molecule has 0 aliphatic heterocycles. The minimum atomic E-state index is -4.42. The van der Waals surface area contributed by atoms with Crippen molar-refractivity contribution in [1.29, 1.82) is 5.26 Å². The van der Waals surface area contributed by atoms with E-state index in [-0.39, 0.29) is 21.7 Å². The molecule has 3 nitrogen and oxygen atoms in total. The molecule has 0 unspecified atom stereocenters. The molecular formula is C16H13F3N2O. The Hall–Kier alpha value is -2.29. The van der Waals surface area contributed by atoms with Gasteiger partial charge in [0, 0.05) is 30.0 Å². The van der Waals surface area contributed by atoms with Crippen LogP contribution in [0.2, 0.25) is 0 Å². The Labute approximate surface area is 124 Å². The fourth-order valence-electron chi connectivity index (χ4n) is 2.69. The summed E-state index contributed by atoms with van der Waals surface area (Å²) in [4.78, 5) is 12.4. The number of aromatic nitrogens is 1. The molecule has 1 aromatic carbocycles. The van der Waals surface area contributed by atoms with Crippen molar-refractivity contribution in [2.24, 2.45) is 5.41 Å². The van der Waals surface area contributed by atoms with Crippen molar-refractivity contribution < 1.29 is 13.2 Å². The molecule has 114 valence electrons. The molecule has 0 N–H and O–H groups in total. The van der Waals surface area contributed by atoms with E-state index in [0.29, 0.717) is 13.0 Å². The van der Waals surface area contributed by atoms with Crippen molar-refractivity contribution >= 4 is 10.8 Å². The highest BCUT2D eigenvalue weighted by atomic mass is 19.4. The van der Waals surface area contributed by atoms with E-state index in [9.17, 15) is 18.0 Å². The number of fused-ring (bicyclic) bond motifs is 1. The van der Waals surface area contributed by atoms with Crippen LogP contribution in [0, 0.1) is 16.7 Å². The molecule has 0 bridgehead atoms. The molecule has 2 aromatic rings. The summed E-state index contributed by atoms with van der Waals surface area (Å²) >= 11 is 0. The maximum absolute atomic E-state index is 12.7. The van der Waals surface area contributed by atoms with Crippen molar-refractivity contribution in [2.75, 3.05) is 0 Å². The van der Waals surface area contributed by atoms with Crippen LogP contribution in [0.5, 0.6) is 0 Å². The third-order valence-corrected chi connectivity index (χ3v) is 4.22. The molecule has 6 heteroatoms. The number of hydrogen-bond acceptors (Lipinski definition) is 2. The van der Waals surface area contributed by atoms with Crippen LogP contribution in [0.4, 0.5) is 13.2 Å². The van der Waals surface area contributed by atoms with Crippen molar-refractivity contribution in [3.63, 3.8) is 0 Å². The minimum Gasteiger partial charge on any atom is -0.314 e. The van der Waals surface area contributed by atoms with Gasteiger partial charge in [-0.3, -0.25) is 4.79 Å². The fourth-order valence-corrected chi connectivity index (χ4v) is 2.69. The third kappa shape index (κ3) is 2.59. The summed E-state index contributed by atoms with van der Waals surface area (Å²) < 4.78 is 39.6. The predicted octanol–water partition coefficient (Wildman–Crippen LogP) is 3.71. The van der Waals surface area contributed by atoms with Gasteiger partial charge >= 0.3 is 6.18 Å². The standard InChI is InChI=1S/C16H13F3N2O/c17-16(18,19)12-1-2-13-11(9-12)3-8-21(14(13)22)10-15(4-5-15)6-7-20/h1-3,8-9H,4-6,10H2. The van der Waals surface area contributed by atoms with E-state index in [1.54, 1.807) is 0 Å². The van der Waals surface area contributed by atoms with E-state index in [0.717, 1.165) is 25.0 Å². The Morgan fingerprint density at radius 1 is 1.27 bits per heavy atom. The quantitative estimate of drug-likeness (QED) is 0.867. The van der Waals surface area contributed by atoms with Gasteiger partial charge < -0.3 is 4.57 Å². The number of pyridine rings is 1. The van der Waals surface area contributed by atoms with Crippen LogP contribution >= 0.6 is 0 Å². The largest absolute Gasteiger partial charge is 0.416 e. The highest BCUT2D eigenvalue weighted by Gasteiger charge is 2.42. The molecule has 1 aromatic heterocycles. The molecule has 1 aliphatic carbocycles. The summed E-state index contributed by atoms with van der Waals surface area (Å²) in [7, 11) is 0. The summed E-state index contributed by atoms with van der Waals surface area (Å²) in [5, 5.41) is 9.37. The highest BCUT2D eigenvalue weighted by Crippen LogP contribution is 2.49. The first-order valence-corrected chi connectivity index (χ1v) is 6.92. The number of benzene rings is 1. The molecule has 0 amide bonds. The number of nitrogens with zero attached hydrogens (tertiary/aromatic N) is 2. The first-order valence-electron chi connectivity index (χ1n) is 6.92. The number of halogens is 3. The van der Waals surface area contributed by atoms with Crippen molar-refractivity contribution in [3.8, 4) is 6.07 Å². The van der Waals surface area contributed by atoms with E-state index < -0.39 is 11.7 Å². The van der Waals surface area contributed by atoms with Gasteiger partial charge in [0.2, 0.25) is 0 Å². The maximum atomic E-state index is 12.7. The Bertz CT molecular complexity index is 826. The lowest BCUT2D eigenvalue weighted by Gasteiger charge is -2.14. The van der Waals surface area contributed by atoms with Crippen LogP contribution in [0.3, 0.4) is 0 Å². The third-order valence-electron chi connectivity index (χ3n) is 4.22. The van der Waals surface area contributed by atoms with E-state index in [1.165, 1.54) is 22.9 Å². The van der Waals surface area contributed by atoms with Gasteiger partial charge in [-0.25, -0.2) is 0 Å². The van der Waals surface area contributed by atoms with Crippen LogP contribution in [0.1, 0.15) is 24.8 Å². The second-order valence-corrected chi connectivity index (χ2v) is 5.88. The predicted molar refractivity (Wildman–Crippen MR) is 75.1 cm³/mol. The van der Waals surface area contributed by atoms with Crippen molar-refractivity contribution in [1.82, 2.24) is 4.57 Å². The zero-order valence-corrected chi connectivity index (χ0v) is 11.7. The van der Waals surface area contributed by atoms with E-state index in [2.05, 4.69) is 6.07 Å². The highest BCUT2D eigenvalue weighted by molar-refractivity contribution is 5.82. The number of hydrogen-bond donors (Lipinski definition) is 0. The first kappa shape index (κ1) is 14.6. The van der Waals surface area contributed by atoms with Gasteiger partial charge in [-0.05, 0) is 42.5 Å². The van der Waals surface area contributed by atoms with Gasteiger partial charge in [0.1, 0.15) is 0 Å². The molecule has 0 spiro atoms. The molecule has 0 atom stereocenters. The molecule has 3 rings (SSSR count). The fraction of sp³-hybridized carbons (Fsp3) is 0.375. The molecule has 22 heavy (non-hydrogen) atoms. The summed E-state index contributed by atoms with van der Waals surface area (Å²) in [6.07, 6.45) is -0.712. The number of nitriles is 1. The van der Waals surface area contributed by atoms with Crippen LogP contribution < -0.4 is 5.56 Å². The Balaban J connectivity index is 2.01. The van der Waals surface area contributed by atoms with Crippen LogP contribution in [0.25, 0.3) is 10.8 Å². The maximum Gasteiger partial charge on any atom is 0.416 e. The molecule has 1 saturated carbocycles. The lowest BCUT2D eigenvalue weighted by molar-refractivity contribution is -0.137. The SMILES string of the molecule is N#CCC1(Cn2ccc3cc(C(F)(F)F)ccc3c2=O)CC1. The smallest absolute Gasteiger partial charge is 0.314 e. The first-order chi connectivity index (χ1) is 10.3. The van der Waals surface area contributed by atoms with Crippen LogP contribution in [-0.4, -0.2) is 4.57 Å². The lowest BCUT2D eigenvalue weighted by atomic mass is 10.0. The average molecular weight is 306 g/mol. The van der Waals surface area contributed by atoms with Crippen molar-refractivity contribution in [3.05, 3.63) is 46.4 Å². The summed E-state index contributed by atoms with van der Waals surface area (Å²) in [6.45, 7) is 0.441. The van der Waals surface area contributed by atoms with E-state index in [4.69, 9.17) is 5.26 Å². The van der Waals surface area contributed by atoms with E-state index in [1.807, 2.05) is 0 Å².